The third kappa shape index (κ3) is 3.34. The minimum Gasteiger partial charge on any atom is -0.345 e. The van der Waals surface area contributed by atoms with Crippen LogP contribution in [0.15, 0.2) is 47.4 Å². The third-order valence-electron chi connectivity index (χ3n) is 4.78. The normalized spacial score (nSPS) is 25.0. The Balaban J connectivity index is 1.54. The van der Waals surface area contributed by atoms with Gasteiger partial charge in [0.2, 0.25) is 5.91 Å². The van der Waals surface area contributed by atoms with Crippen molar-refractivity contribution >= 4 is 52.5 Å². The lowest BCUT2D eigenvalue weighted by molar-refractivity contribution is -0.139. The lowest BCUT2D eigenvalue weighted by atomic mass is 10.0. The number of thioether (sulfide) groups is 1. The van der Waals surface area contributed by atoms with Crippen molar-refractivity contribution in [2.24, 2.45) is 0 Å². The van der Waals surface area contributed by atoms with Crippen LogP contribution in [0.1, 0.15) is 18.4 Å². The SMILES string of the molecule is O=C1CC[C@]2(c3ccc(Cl)c(Cl)c3)O[C@@H](CSc3ccc(Cl)cc3)CN12. The van der Waals surface area contributed by atoms with Crippen LogP contribution in [0.4, 0.5) is 0 Å². The number of ether oxygens (including phenoxy) is 1. The molecule has 2 aliphatic rings. The van der Waals surface area contributed by atoms with Crippen LogP contribution in [0.2, 0.25) is 15.1 Å². The first kappa shape index (κ1) is 18.5. The van der Waals surface area contributed by atoms with E-state index in [-0.39, 0.29) is 12.0 Å². The van der Waals surface area contributed by atoms with Crippen LogP contribution in [-0.2, 0) is 15.3 Å². The van der Waals surface area contributed by atoms with E-state index in [0.29, 0.717) is 29.4 Å². The molecule has 0 aromatic heterocycles. The third-order valence-corrected chi connectivity index (χ3v) is 6.92. The monoisotopic (exact) mass is 427 g/mol. The van der Waals surface area contributed by atoms with Crippen LogP contribution < -0.4 is 0 Å². The molecule has 0 radical (unpaired) electrons. The lowest BCUT2D eigenvalue weighted by Crippen LogP contribution is -2.38. The molecule has 136 valence electrons. The maximum absolute atomic E-state index is 12.4. The van der Waals surface area contributed by atoms with Gasteiger partial charge in [0.15, 0.2) is 5.72 Å². The zero-order valence-corrected chi connectivity index (χ0v) is 16.8. The molecule has 0 spiro atoms. The van der Waals surface area contributed by atoms with Crippen molar-refractivity contribution in [3.63, 3.8) is 0 Å². The van der Waals surface area contributed by atoms with Gasteiger partial charge in [0.25, 0.3) is 0 Å². The number of carbonyl (C=O) groups is 1. The molecule has 26 heavy (non-hydrogen) atoms. The van der Waals surface area contributed by atoms with Gasteiger partial charge in [-0.3, -0.25) is 4.79 Å². The van der Waals surface area contributed by atoms with Crippen LogP contribution in [0.25, 0.3) is 0 Å². The summed E-state index contributed by atoms with van der Waals surface area (Å²) < 4.78 is 6.43. The summed E-state index contributed by atoms with van der Waals surface area (Å²) in [5.74, 6) is 0.879. The number of hydrogen-bond donors (Lipinski definition) is 0. The van der Waals surface area contributed by atoms with E-state index < -0.39 is 5.72 Å². The molecule has 2 aliphatic heterocycles. The summed E-state index contributed by atoms with van der Waals surface area (Å²) in [6.07, 6.45) is 1.07. The van der Waals surface area contributed by atoms with E-state index in [1.54, 1.807) is 17.8 Å². The number of rotatable bonds is 4. The first-order chi connectivity index (χ1) is 12.5. The summed E-state index contributed by atoms with van der Waals surface area (Å²) in [7, 11) is 0. The van der Waals surface area contributed by atoms with Crippen LogP contribution in [-0.4, -0.2) is 29.2 Å². The summed E-state index contributed by atoms with van der Waals surface area (Å²) >= 11 is 19.9. The quantitative estimate of drug-likeness (QED) is 0.593. The smallest absolute Gasteiger partial charge is 0.225 e. The Morgan fingerprint density at radius 1 is 1.12 bits per heavy atom. The predicted molar refractivity (Wildman–Crippen MR) is 106 cm³/mol. The Labute approximate surface area is 171 Å². The van der Waals surface area contributed by atoms with E-state index in [9.17, 15) is 4.79 Å². The van der Waals surface area contributed by atoms with Crippen molar-refractivity contribution in [1.29, 1.82) is 0 Å². The maximum Gasteiger partial charge on any atom is 0.225 e. The molecule has 0 unspecified atom stereocenters. The standard InChI is InChI=1S/C19H16Cl3NO2S/c20-13-2-4-15(5-3-13)26-11-14-10-23-18(24)7-8-19(23,25-14)12-1-6-16(21)17(22)9-12/h1-6,9,14H,7-8,10-11H2/t14-,19-/m1/s1. The predicted octanol–water partition coefficient (Wildman–Crippen LogP) is 5.61. The zero-order valence-electron chi connectivity index (χ0n) is 13.8. The van der Waals surface area contributed by atoms with E-state index in [4.69, 9.17) is 39.5 Å². The summed E-state index contributed by atoms with van der Waals surface area (Å²) in [6.45, 7) is 0.583. The van der Waals surface area contributed by atoms with Crippen molar-refractivity contribution in [2.45, 2.75) is 29.6 Å². The number of benzene rings is 2. The molecule has 3 nitrogen and oxygen atoms in total. The Morgan fingerprint density at radius 2 is 1.88 bits per heavy atom. The van der Waals surface area contributed by atoms with Gasteiger partial charge in [-0.25, -0.2) is 0 Å². The zero-order chi connectivity index (χ0) is 18.3. The fraction of sp³-hybridized carbons (Fsp3) is 0.316. The number of carbonyl (C=O) groups excluding carboxylic acids is 1. The van der Waals surface area contributed by atoms with E-state index in [1.165, 1.54) is 0 Å². The van der Waals surface area contributed by atoms with Gasteiger partial charge in [0.05, 0.1) is 22.7 Å². The van der Waals surface area contributed by atoms with Gasteiger partial charge < -0.3 is 9.64 Å². The van der Waals surface area contributed by atoms with Crippen LogP contribution in [0.3, 0.4) is 0 Å². The Kier molecular flexibility index (Phi) is 5.15. The molecule has 0 aliphatic carbocycles. The summed E-state index contributed by atoms with van der Waals surface area (Å²) in [5, 5.41) is 1.69. The second-order valence-corrected chi connectivity index (χ2v) is 8.77. The van der Waals surface area contributed by atoms with Crippen LogP contribution >= 0.6 is 46.6 Å². The maximum atomic E-state index is 12.4. The van der Waals surface area contributed by atoms with Crippen molar-refractivity contribution in [1.82, 2.24) is 4.90 Å². The van der Waals surface area contributed by atoms with Crippen molar-refractivity contribution < 1.29 is 9.53 Å². The van der Waals surface area contributed by atoms with Gasteiger partial charge in [0.1, 0.15) is 0 Å². The fourth-order valence-electron chi connectivity index (χ4n) is 3.55. The second-order valence-electron chi connectivity index (χ2n) is 6.42. The van der Waals surface area contributed by atoms with Gasteiger partial charge in [0, 0.05) is 34.1 Å². The van der Waals surface area contributed by atoms with Crippen molar-refractivity contribution in [2.75, 3.05) is 12.3 Å². The number of amides is 1. The van der Waals surface area contributed by atoms with Gasteiger partial charge in [-0.1, -0.05) is 40.9 Å². The van der Waals surface area contributed by atoms with Crippen molar-refractivity contribution in [3.05, 3.63) is 63.1 Å². The topological polar surface area (TPSA) is 29.5 Å². The average Bonchev–Trinajstić information content (AvgIpc) is 3.15. The molecule has 4 rings (SSSR count). The highest BCUT2D eigenvalue weighted by molar-refractivity contribution is 7.99. The first-order valence-corrected chi connectivity index (χ1v) is 10.4. The number of hydrogen-bond acceptors (Lipinski definition) is 3. The molecule has 0 saturated carbocycles. The molecule has 2 atom stereocenters. The molecular weight excluding hydrogens is 413 g/mol. The molecule has 2 aromatic carbocycles. The number of nitrogens with zero attached hydrogens (tertiary/aromatic N) is 1. The van der Waals surface area contributed by atoms with Crippen LogP contribution in [0.5, 0.6) is 0 Å². The molecular formula is C19H16Cl3NO2S. The first-order valence-electron chi connectivity index (χ1n) is 8.30. The average molecular weight is 429 g/mol. The van der Waals surface area contributed by atoms with Gasteiger partial charge in [-0.15, -0.1) is 11.8 Å². The number of fused-ring (bicyclic) bond motifs is 1. The molecule has 7 heteroatoms. The molecule has 2 aromatic rings. The largest absolute Gasteiger partial charge is 0.345 e. The highest BCUT2D eigenvalue weighted by Gasteiger charge is 2.54. The van der Waals surface area contributed by atoms with E-state index in [1.807, 2.05) is 41.3 Å². The Bertz CT molecular complexity index is 845. The fourth-order valence-corrected chi connectivity index (χ4v) is 4.85. The molecule has 1 amide bonds. The Hall–Kier alpha value is -0.910. The lowest BCUT2D eigenvalue weighted by Gasteiger charge is -2.31. The van der Waals surface area contributed by atoms with Gasteiger partial charge in [-0.2, -0.15) is 0 Å². The Morgan fingerprint density at radius 3 is 2.62 bits per heavy atom. The van der Waals surface area contributed by atoms with Gasteiger partial charge >= 0.3 is 0 Å². The summed E-state index contributed by atoms with van der Waals surface area (Å²) in [5.41, 5.74) is 0.160. The van der Waals surface area contributed by atoms with E-state index >= 15 is 0 Å². The van der Waals surface area contributed by atoms with Gasteiger partial charge in [-0.05, 0) is 36.4 Å². The molecule has 2 fully saturated rings. The number of halogens is 3. The van der Waals surface area contributed by atoms with Crippen molar-refractivity contribution in [3.8, 4) is 0 Å². The molecule has 2 heterocycles. The summed E-state index contributed by atoms with van der Waals surface area (Å²) in [4.78, 5) is 15.4. The van der Waals surface area contributed by atoms with E-state index in [0.717, 1.165) is 21.2 Å². The van der Waals surface area contributed by atoms with Crippen LogP contribution in [0, 0.1) is 0 Å². The summed E-state index contributed by atoms with van der Waals surface area (Å²) in [6, 6.07) is 13.2. The minimum absolute atomic E-state index is 0.0469. The molecule has 0 N–H and O–H groups in total. The minimum atomic E-state index is -0.726. The molecule has 2 saturated heterocycles. The highest BCUT2D eigenvalue weighted by atomic mass is 35.5. The molecule has 0 bridgehead atoms. The van der Waals surface area contributed by atoms with E-state index in [2.05, 4.69) is 0 Å². The second kappa shape index (κ2) is 7.25. The highest BCUT2D eigenvalue weighted by Crippen LogP contribution is 2.47.